The van der Waals surface area contributed by atoms with Crippen molar-refractivity contribution in [2.24, 2.45) is 0 Å². The number of rotatable bonds is 5. The summed E-state index contributed by atoms with van der Waals surface area (Å²) >= 11 is 0. The Morgan fingerprint density at radius 2 is 2.05 bits per heavy atom. The maximum atomic E-state index is 9.51. The van der Waals surface area contributed by atoms with E-state index in [-0.39, 0.29) is 6.10 Å². The van der Waals surface area contributed by atoms with Gasteiger partial charge < -0.3 is 20.9 Å². The predicted octanol–water partition coefficient (Wildman–Crippen LogP) is 2.77. The molecule has 106 valence electrons. The molecule has 4 nitrogen and oxygen atoms in total. The highest BCUT2D eigenvalue weighted by molar-refractivity contribution is 5.61. The number of aliphatic hydroxyl groups is 1. The van der Waals surface area contributed by atoms with Gasteiger partial charge in [-0.25, -0.2) is 0 Å². The molecule has 1 saturated carbocycles. The highest BCUT2D eigenvalue weighted by atomic mass is 16.5. The minimum atomic E-state index is -0.118. The standard InChI is InChI=1S/C15H24N2O2/c1-2-9-19-15-10-12(5-8-14(15)16)17-11-3-6-13(18)7-4-11/h5,8,10-11,13,17-18H,2-4,6-7,9,16H2,1H3. The molecule has 0 aromatic heterocycles. The van der Waals surface area contributed by atoms with Gasteiger partial charge in [-0.3, -0.25) is 0 Å². The van der Waals surface area contributed by atoms with E-state index in [9.17, 15) is 5.11 Å². The minimum absolute atomic E-state index is 0.118. The third kappa shape index (κ3) is 4.03. The van der Waals surface area contributed by atoms with E-state index in [1.54, 1.807) is 0 Å². The number of aliphatic hydroxyl groups excluding tert-OH is 1. The molecule has 0 bridgehead atoms. The Labute approximate surface area is 115 Å². The second-order valence-electron chi connectivity index (χ2n) is 5.25. The van der Waals surface area contributed by atoms with Crippen LogP contribution in [-0.2, 0) is 0 Å². The molecular formula is C15H24N2O2. The molecule has 2 rings (SSSR count). The van der Waals surface area contributed by atoms with E-state index < -0.39 is 0 Å². The van der Waals surface area contributed by atoms with Gasteiger partial charge in [0, 0.05) is 17.8 Å². The summed E-state index contributed by atoms with van der Waals surface area (Å²) in [4.78, 5) is 0. The average Bonchev–Trinajstić information content (AvgIpc) is 2.42. The first-order valence-corrected chi connectivity index (χ1v) is 7.16. The molecule has 1 aliphatic rings. The van der Waals surface area contributed by atoms with E-state index >= 15 is 0 Å². The highest BCUT2D eigenvalue weighted by Gasteiger charge is 2.19. The second-order valence-corrected chi connectivity index (χ2v) is 5.25. The Morgan fingerprint density at radius 1 is 1.32 bits per heavy atom. The number of hydrogen-bond donors (Lipinski definition) is 3. The van der Waals surface area contributed by atoms with E-state index in [2.05, 4.69) is 12.2 Å². The summed E-state index contributed by atoms with van der Waals surface area (Å²) in [5, 5.41) is 13.0. The molecule has 1 aromatic carbocycles. The second kappa shape index (κ2) is 6.66. The highest BCUT2D eigenvalue weighted by Crippen LogP contribution is 2.28. The zero-order valence-electron chi connectivity index (χ0n) is 11.6. The molecule has 0 radical (unpaired) electrons. The lowest BCUT2D eigenvalue weighted by atomic mass is 9.93. The van der Waals surface area contributed by atoms with Crippen LogP contribution < -0.4 is 15.8 Å². The normalized spacial score (nSPS) is 23.1. The number of nitrogen functional groups attached to an aromatic ring is 1. The van der Waals surface area contributed by atoms with Crippen LogP contribution in [0.3, 0.4) is 0 Å². The van der Waals surface area contributed by atoms with E-state index in [0.717, 1.165) is 43.5 Å². The summed E-state index contributed by atoms with van der Waals surface area (Å²) in [6, 6.07) is 6.27. The molecule has 0 aliphatic heterocycles. The summed E-state index contributed by atoms with van der Waals surface area (Å²) in [6.45, 7) is 2.76. The molecule has 0 heterocycles. The first-order chi connectivity index (χ1) is 9.19. The Bertz CT molecular complexity index is 401. The van der Waals surface area contributed by atoms with Gasteiger partial charge in [-0.2, -0.15) is 0 Å². The van der Waals surface area contributed by atoms with Gasteiger partial charge in [0.15, 0.2) is 0 Å². The van der Waals surface area contributed by atoms with E-state index in [4.69, 9.17) is 10.5 Å². The van der Waals surface area contributed by atoms with Crippen molar-refractivity contribution in [1.29, 1.82) is 0 Å². The molecule has 4 heteroatoms. The molecular weight excluding hydrogens is 240 g/mol. The van der Waals surface area contributed by atoms with Crippen LogP contribution in [0.15, 0.2) is 18.2 Å². The lowest BCUT2D eigenvalue weighted by Crippen LogP contribution is -2.28. The monoisotopic (exact) mass is 264 g/mol. The van der Waals surface area contributed by atoms with Crippen LogP contribution in [0, 0.1) is 0 Å². The molecule has 19 heavy (non-hydrogen) atoms. The zero-order chi connectivity index (χ0) is 13.7. The topological polar surface area (TPSA) is 67.5 Å². The smallest absolute Gasteiger partial charge is 0.144 e. The van der Waals surface area contributed by atoms with Crippen LogP contribution in [0.1, 0.15) is 39.0 Å². The van der Waals surface area contributed by atoms with Crippen molar-refractivity contribution in [3.05, 3.63) is 18.2 Å². The molecule has 4 N–H and O–H groups in total. The Hall–Kier alpha value is -1.42. The van der Waals surface area contributed by atoms with Crippen molar-refractivity contribution < 1.29 is 9.84 Å². The quantitative estimate of drug-likeness (QED) is 0.715. The third-order valence-corrected chi connectivity index (χ3v) is 3.54. The molecule has 1 fully saturated rings. The fourth-order valence-corrected chi connectivity index (χ4v) is 2.42. The Kier molecular flexibility index (Phi) is 4.91. The summed E-state index contributed by atoms with van der Waals surface area (Å²) < 4.78 is 5.63. The number of nitrogens with one attached hydrogen (secondary N) is 1. The zero-order valence-corrected chi connectivity index (χ0v) is 11.6. The van der Waals surface area contributed by atoms with Crippen molar-refractivity contribution in [1.82, 2.24) is 0 Å². The lowest BCUT2D eigenvalue weighted by molar-refractivity contribution is 0.126. The first kappa shape index (κ1) is 14.0. The SMILES string of the molecule is CCCOc1cc(NC2CCC(O)CC2)ccc1N. The molecule has 1 aliphatic carbocycles. The van der Waals surface area contributed by atoms with Crippen LogP contribution >= 0.6 is 0 Å². The van der Waals surface area contributed by atoms with Crippen LogP contribution in [0.2, 0.25) is 0 Å². The van der Waals surface area contributed by atoms with Crippen molar-refractivity contribution in [2.45, 2.75) is 51.2 Å². The molecule has 0 spiro atoms. The first-order valence-electron chi connectivity index (χ1n) is 7.16. The predicted molar refractivity (Wildman–Crippen MR) is 78.5 cm³/mol. The fourth-order valence-electron chi connectivity index (χ4n) is 2.42. The van der Waals surface area contributed by atoms with Gasteiger partial charge in [-0.15, -0.1) is 0 Å². The van der Waals surface area contributed by atoms with Crippen molar-refractivity contribution in [2.75, 3.05) is 17.7 Å². The Morgan fingerprint density at radius 3 is 2.74 bits per heavy atom. The Balaban J connectivity index is 1.96. The largest absolute Gasteiger partial charge is 0.491 e. The fraction of sp³-hybridized carbons (Fsp3) is 0.600. The maximum absolute atomic E-state index is 9.51. The van der Waals surface area contributed by atoms with Crippen LogP contribution in [0.5, 0.6) is 5.75 Å². The van der Waals surface area contributed by atoms with Crippen molar-refractivity contribution in [3.63, 3.8) is 0 Å². The van der Waals surface area contributed by atoms with Crippen molar-refractivity contribution in [3.8, 4) is 5.75 Å². The van der Waals surface area contributed by atoms with E-state index in [1.807, 2.05) is 18.2 Å². The van der Waals surface area contributed by atoms with E-state index in [1.165, 1.54) is 0 Å². The summed E-state index contributed by atoms with van der Waals surface area (Å²) in [7, 11) is 0. The van der Waals surface area contributed by atoms with Gasteiger partial charge in [0.25, 0.3) is 0 Å². The summed E-state index contributed by atoms with van der Waals surface area (Å²) in [6.07, 6.45) is 4.63. The minimum Gasteiger partial charge on any atom is -0.491 e. The number of benzene rings is 1. The summed E-state index contributed by atoms with van der Waals surface area (Å²) in [5.41, 5.74) is 7.62. The van der Waals surface area contributed by atoms with Crippen LogP contribution in [0.4, 0.5) is 11.4 Å². The van der Waals surface area contributed by atoms with Gasteiger partial charge in [-0.05, 0) is 44.2 Å². The number of nitrogens with two attached hydrogens (primary N) is 1. The number of anilines is 2. The maximum Gasteiger partial charge on any atom is 0.144 e. The van der Waals surface area contributed by atoms with Gasteiger partial charge in [0.05, 0.1) is 18.4 Å². The molecule has 0 unspecified atom stereocenters. The summed E-state index contributed by atoms with van der Waals surface area (Å²) in [5.74, 6) is 0.752. The van der Waals surface area contributed by atoms with E-state index in [0.29, 0.717) is 18.3 Å². The number of hydrogen-bond acceptors (Lipinski definition) is 4. The van der Waals surface area contributed by atoms with Crippen LogP contribution in [0.25, 0.3) is 0 Å². The molecule has 0 saturated heterocycles. The van der Waals surface area contributed by atoms with Gasteiger partial charge in [0.1, 0.15) is 5.75 Å². The van der Waals surface area contributed by atoms with Gasteiger partial charge in [0.2, 0.25) is 0 Å². The van der Waals surface area contributed by atoms with Crippen molar-refractivity contribution >= 4 is 11.4 Å². The molecule has 0 atom stereocenters. The third-order valence-electron chi connectivity index (χ3n) is 3.54. The van der Waals surface area contributed by atoms with Gasteiger partial charge >= 0.3 is 0 Å². The lowest BCUT2D eigenvalue weighted by Gasteiger charge is -2.27. The average molecular weight is 264 g/mol. The van der Waals surface area contributed by atoms with Gasteiger partial charge in [-0.1, -0.05) is 6.92 Å². The molecule has 0 amide bonds. The molecule has 1 aromatic rings. The number of ether oxygens (including phenoxy) is 1. The van der Waals surface area contributed by atoms with Crippen LogP contribution in [-0.4, -0.2) is 23.9 Å².